The molecule has 1 heterocycles. The van der Waals surface area contributed by atoms with E-state index in [0.29, 0.717) is 11.4 Å². The van der Waals surface area contributed by atoms with Crippen molar-refractivity contribution in [1.29, 1.82) is 0 Å². The first-order chi connectivity index (χ1) is 11.3. The predicted octanol–water partition coefficient (Wildman–Crippen LogP) is 2.36. The van der Waals surface area contributed by atoms with Gasteiger partial charge in [0.15, 0.2) is 0 Å². The van der Waals surface area contributed by atoms with Crippen molar-refractivity contribution in [3.63, 3.8) is 0 Å². The molecule has 24 heavy (non-hydrogen) atoms. The number of nitrogens with zero attached hydrogens (tertiary/aromatic N) is 1. The lowest BCUT2D eigenvalue weighted by atomic mass is 10.3. The molecule has 0 saturated heterocycles. The maximum absolute atomic E-state index is 12.5. The number of halogens is 1. The Kier molecular flexibility index (Phi) is 5.35. The van der Waals surface area contributed by atoms with Crippen LogP contribution < -0.4 is 9.46 Å². The second-order valence-electron chi connectivity index (χ2n) is 4.70. The Morgan fingerprint density at radius 2 is 2.12 bits per heavy atom. The highest BCUT2D eigenvalue weighted by molar-refractivity contribution is 7.92. The molecule has 8 nitrogen and oxygen atoms in total. The third-order valence-corrected chi connectivity index (χ3v) is 4.66. The third kappa shape index (κ3) is 3.62. The molecule has 0 aliphatic carbocycles. The van der Waals surface area contributed by atoms with Gasteiger partial charge in [-0.25, -0.2) is 4.79 Å². The fourth-order valence-electron chi connectivity index (χ4n) is 1.98. The molecule has 10 heteroatoms. The molecule has 0 saturated carbocycles. The van der Waals surface area contributed by atoms with Crippen LogP contribution in [0.5, 0.6) is 5.75 Å². The molecule has 0 amide bonds. The number of aromatic nitrogens is 2. The van der Waals surface area contributed by atoms with E-state index >= 15 is 0 Å². The molecule has 130 valence electrons. The molecule has 0 fully saturated rings. The van der Waals surface area contributed by atoms with Gasteiger partial charge in [0.05, 0.1) is 24.4 Å². The van der Waals surface area contributed by atoms with Gasteiger partial charge in [0.1, 0.15) is 11.3 Å². The van der Waals surface area contributed by atoms with Crippen molar-refractivity contribution in [2.75, 3.05) is 18.4 Å². The number of hydrogen-bond donors (Lipinski definition) is 2. The lowest BCUT2D eigenvalue weighted by Gasteiger charge is -2.09. The smallest absolute Gasteiger partial charge is 0.343 e. The topological polar surface area (TPSA) is 110 Å². The van der Waals surface area contributed by atoms with Crippen LogP contribution in [-0.4, -0.2) is 38.3 Å². The fraction of sp³-hybridized carbons (Fsp3) is 0.286. The summed E-state index contributed by atoms with van der Waals surface area (Å²) in [6.07, 6.45) is 0. The molecule has 0 atom stereocenters. The Bertz CT molecular complexity index is 863. The highest BCUT2D eigenvalue weighted by Gasteiger charge is 2.29. The monoisotopic (exact) mass is 373 g/mol. The highest BCUT2D eigenvalue weighted by Crippen LogP contribution is 2.29. The summed E-state index contributed by atoms with van der Waals surface area (Å²) in [5.74, 6) is -0.362. The van der Waals surface area contributed by atoms with Crippen LogP contribution in [0.25, 0.3) is 0 Å². The van der Waals surface area contributed by atoms with E-state index in [0.717, 1.165) is 0 Å². The predicted molar refractivity (Wildman–Crippen MR) is 88.1 cm³/mol. The van der Waals surface area contributed by atoms with Crippen LogP contribution in [0.2, 0.25) is 5.02 Å². The molecule has 2 rings (SSSR count). The molecular weight excluding hydrogens is 358 g/mol. The van der Waals surface area contributed by atoms with E-state index < -0.39 is 21.0 Å². The Morgan fingerprint density at radius 3 is 2.71 bits per heavy atom. The molecule has 0 spiro atoms. The van der Waals surface area contributed by atoms with Crippen molar-refractivity contribution in [2.45, 2.75) is 18.9 Å². The molecule has 0 bridgehead atoms. The summed E-state index contributed by atoms with van der Waals surface area (Å²) < 4.78 is 37.3. The molecule has 1 aromatic carbocycles. The van der Waals surface area contributed by atoms with Gasteiger partial charge >= 0.3 is 5.97 Å². The number of carbonyl (C=O) groups is 1. The summed E-state index contributed by atoms with van der Waals surface area (Å²) in [4.78, 5) is 12.0. The molecule has 2 aromatic rings. The summed E-state index contributed by atoms with van der Waals surface area (Å²) in [6.45, 7) is 3.27. The van der Waals surface area contributed by atoms with Crippen LogP contribution in [0.1, 0.15) is 23.0 Å². The average molecular weight is 374 g/mol. The minimum atomic E-state index is -4.12. The van der Waals surface area contributed by atoms with E-state index in [2.05, 4.69) is 14.9 Å². The van der Waals surface area contributed by atoms with Gasteiger partial charge in [-0.2, -0.15) is 13.5 Å². The Hall–Kier alpha value is -2.26. The van der Waals surface area contributed by atoms with Crippen LogP contribution in [0.15, 0.2) is 23.2 Å². The highest BCUT2D eigenvalue weighted by atomic mass is 35.5. The zero-order valence-electron chi connectivity index (χ0n) is 13.2. The van der Waals surface area contributed by atoms with Gasteiger partial charge in [-0.3, -0.25) is 9.82 Å². The molecule has 0 unspecified atom stereocenters. The minimum absolute atomic E-state index is 0.116. The van der Waals surface area contributed by atoms with Gasteiger partial charge in [-0.1, -0.05) is 11.6 Å². The summed E-state index contributed by atoms with van der Waals surface area (Å²) in [7, 11) is -2.67. The number of benzene rings is 1. The van der Waals surface area contributed by atoms with Crippen molar-refractivity contribution in [1.82, 2.24) is 10.2 Å². The number of sulfonamides is 1. The van der Waals surface area contributed by atoms with Gasteiger partial charge in [0.25, 0.3) is 10.0 Å². The van der Waals surface area contributed by atoms with E-state index in [1.54, 1.807) is 6.92 Å². The van der Waals surface area contributed by atoms with E-state index in [1.807, 2.05) is 0 Å². The molecule has 2 N–H and O–H groups in total. The number of nitrogens with one attached hydrogen (secondary N) is 2. The Morgan fingerprint density at radius 1 is 1.42 bits per heavy atom. The number of ether oxygens (including phenoxy) is 2. The number of aryl methyl sites for hydroxylation is 1. The first-order valence-electron chi connectivity index (χ1n) is 6.88. The summed E-state index contributed by atoms with van der Waals surface area (Å²) in [5, 5.41) is 5.99. The number of carbonyl (C=O) groups excluding carboxylic acids is 1. The maximum atomic E-state index is 12.5. The normalized spacial score (nSPS) is 11.2. The number of esters is 1. The van der Waals surface area contributed by atoms with Gasteiger partial charge in [-0.15, -0.1) is 0 Å². The number of H-pyrrole nitrogens is 1. The SMILES string of the molecule is CCOC(=O)c1c(S(=O)(=O)Nc2ccc(OC)c(Cl)c2)n[nH]c1C. The second-order valence-corrected chi connectivity index (χ2v) is 6.71. The first kappa shape index (κ1) is 18.1. The zero-order chi connectivity index (χ0) is 17.9. The molecular formula is C14H16ClN3O5S. The zero-order valence-corrected chi connectivity index (χ0v) is 14.8. The standard InChI is InChI=1S/C14H16ClN3O5S/c1-4-23-14(19)12-8(2)16-17-13(12)24(20,21)18-9-5-6-11(22-3)10(15)7-9/h5-7,18H,4H2,1-3H3,(H,16,17). The first-order valence-corrected chi connectivity index (χ1v) is 8.74. The van der Waals surface area contributed by atoms with E-state index in [9.17, 15) is 13.2 Å². The van der Waals surface area contributed by atoms with E-state index in [1.165, 1.54) is 32.2 Å². The second kappa shape index (κ2) is 7.10. The Balaban J connectivity index is 2.38. The lowest BCUT2D eigenvalue weighted by Crippen LogP contribution is -2.18. The number of methoxy groups -OCH3 is 1. The van der Waals surface area contributed by atoms with E-state index in [4.69, 9.17) is 21.1 Å². The van der Waals surface area contributed by atoms with Crippen LogP contribution in [0, 0.1) is 6.92 Å². The fourth-order valence-corrected chi connectivity index (χ4v) is 3.44. The summed E-state index contributed by atoms with van der Waals surface area (Å²) >= 11 is 5.98. The summed E-state index contributed by atoms with van der Waals surface area (Å²) in [5.41, 5.74) is 0.363. The number of rotatable bonds is 6. The van der Waals surface area contributed by atoms with Gasteiger partial charge < -0.3 is 9.47 Å². The van der Waals surface area contributed by atoms with Gasteiger partial charge in [0, 0.05) is 5.69 Å². The van der Waals surface area contributed by atoms with Gasteiger partial charge in [-0.05, 0) is 32.0 Å². The molecule has 0 radical (unpaired) electrons. The molecule has 0 aliphatic rings. The quantitative estimate of drug-likeness (QED) is 0.752. The lowest BCUT2D eigenvalue weighted by molar-refractivity contribution is 0.0521. The van der Waals surface area contributed by atoms with Crippen molar-refractivity contribution >= 4 is 33.3 Å². The van der Waals surface area contributed by atoms with Gasteiger partial charge in [0.2, 0.25) is 5.03 Å². The number of anilines is 1. The summed E-state index contributed by atoms with van der Waals surface area (Å²) in [6, 6.07) is 4.38. The van der Waals surface area contributed by atoms with Crippen molar-refractivity contribution in [3.8, 4) is 5.75 Å². The number of aromatic amines is 1. The van der Waals surface area contributed by atoms with Crippen LogP contribution >= 0.6 is 11.6 Å². The average Bonchev–Trinajstić information content (AvgIpc) is 2.90. The van der Waals surface area contributed by atoms with Crippen molar-refractivity contribution in [3.05, 3.63) is 34.5 Å². The van der Waals surface area contributed by atoms with Crippen LogP contribution in [0.4, 0.5) is 5.69 Å². The maximum Gasteiger partial charge on any atom is 0.343 e. The molecule has 1 aromatic heterocycles. The van der Waals surface area contributed by atoms with Crippen molar-refractivity contribution in [2.24, 2.45) is 0 Å². The van der Waals surface area contributed by atoms with Crippen molar-refractivity contribution < 1.29 is 22.7 Å². The minimum Gasteiger partial charge on any atom is -0.495 e. The molecule has 0 aliphatic heterocycles. The third-order valence-electron chi connectivity index (χ3n) is 3.05. The largest absolute Gasteiger partial charge is 0.495 e. The van der Waals surface area contributed by atoms with Crippen LogP contribution in [-0.2, 0) is 14.8 Å². The number of hydrogen-bond acceptors (Lipinski definition) is 6. The van der Waals surface area contributed by atoms with E-state index in [-0.39, 0.29) is 22.9 Å². The van der Waals surface area contributed by atoms with Crippen LogP contribution in [0.3, 0.4) is 0 Å². The Labute approximate surface area is 144 Å².